The van der Waals surface area contributed by atoms with Crippen molar-refractivity contribution in [3.8, 4) is 0 Å². The maximum absolute atomic E-state index is 13.3. The van der Waals surface area contributed by atoms with E-state index in [0.717, 1.165) is 17.7 Å². The molecule has 0 aliphatic carbocycles. The molecule has 0 amide bonds. The summed E-state index contributed by atoms with van der Waals surface area (Å²) in [4.78, 5) is 41.0. The number of hydrogen-bond donors (Lipinski definition) is 1. The molecule has 10 heteroatoms. The van der Waals surface area contributed by atoms with Gasteiger partial charge >= 0.3 is 11.9 Å². The highest BCUT2D eigenvalue weighted by molar-refractivity contribution is 5.99. The molecule has 0 bridgehead atoms. The van der Waals surface area contributed by atoms with Crippen molar-refractivity contribution >= 4 is 23.7 Å². The van der Waals surface area contributed by atoms with Gasteiger partial charge in [-0.1, -0.05) is 54.6 Å². The van der Waals surface area contributed by atoms with Gasteiger partial charge in [0.2, 0.25) is 0 Å². The van der Waals surface area contributed by atoms with Crippen molar-refractivity contribution in [2.24, 2.45) is 0 Å². The zero-order valence-corrected chi connectivity index (χ0v) is 22.9. The maximum atomic E-state index is 13.3. The number of ether oxygens (including phenoxy) is 2. The molecule has 41 heavy (non-hydrogen) atoms. The lowest BCUT2D eigenvalue weighted by molar-refractivity contribution is -0.384. The molecule has 3 aromatic rings. The van der Waals surface area contributed by atoms with Crippen LogP contribution >= 0.6 is 0 Å². The van der Waals surface area contributed by atoms with Crippen LogP contribution in [0.1, 0.15) is 36.5 Å². The predicted octanol–water partition coefficient (Wildman–Crippen LogP) is 5.06. The van der Waals surface area contributed by atoms with Crippen molar-refractivity contribution in [1.29, 1.82) is 0 Å². The van der Waals surface area contributed by atoms with Crippen molar-refractivity contribution in [2.45, 2.75) is 26.3 Å². The van der Waals surface area contributed by atoms with E-state index in [9.17, 15) is 19.7 Å². The molecule has 1 aromatic heterocycles. The first-order valence-corrected chi connectivity index (χ1v) is 12.8. The maximum Gasteiger partial charge on any atom is 0.337 e. The Morgan fingerprint density at radius 1 is 1.07 bits per heavy atom. The molecule has 0 saturated carbocycles. The highest BCUT2D eigenvalue weighted by Crippen LogP contribution is 2.40. The van der Waals surface area contributed by atoms with Crippen LogP contribution in [0, 0.1) is 10.1 Å². The van der Waals surface area contributed by atoms with E-state index in [1.165, 1.54) is 25.3 Å². The molecule has 2 heterocycles. The molecule has 1 aliphatic rings. The number of esters is 2. The molecule has 4 rings (SSSR count). The van der Waals surface area contributed by atoms with Crippen LogP contribution in [0.15, 0.2) is 108 Å². The second-order valence-corrected chi connectivity index (χ2v) is 9.34. The highest BCUT2D eigenvalue weighted by Gasteiger charge is 2.38. The van der Waals surface area contributed by atoms with E-state index in [1.54, 1.807) is 44.6 Å². The summed E-state index contributed by atoms with van der Waals surface area (Å²) in [6, 6.07) is 14.0. The van der Waals surface area contributed by atoms with E-state index < -0.39 is 22.8 Å². The van der Waals surface area contributed by atoms with Crippen LogP contribution in [0.25, 0.3) is 6.08 Å². The van der Waals surface area contributed by atoms with Crippen molar-refractivity contribution < 1.29 is 24.0 Å². The van der Waals surface area contributed by atoms with Gasteiger partial charge in [0.25, 0.3) is 5.69 Å². The molecular weight excluding hydrogens is 524 g/mol. The number of allylic oxidation sites excluding steroid dienone is 4. The van der Waals surface area contributed by atoms with Crippen molar-refractivity contribution in [3.05, 3.63) is 135 Å². The first-order valence-electron chi connectivity index (χ1n) is 12.8. The van der Waals surface area contributed by atoms with Gasteiger partial charge in [0.1, 0.15) is 6.61 Å². The molecule has 0 saturated heterocycles. The van der Waals surface area contributed by atoms with E-state index in [-0.39, 0.29) is 23.4 Å². The van der Waals surface area contributed by atoms with Gasteiger partial charge in [-0.25, -0.2) is 14.6 Å². The minimum atomic E-state index is -0.906. The lowest BCUT2D eigenvalue weighted by Gasteiger charge is -2.30. The number of non-ortho nitro benzene ring substituents is 1. The Morgan fingerprint density at radius 3 is 2.46 bits per heavy atom. The molecule has 10 nitrogen and oxygen atoms in total. The second kappa shape index (κ2) is 13.2. The van der Waals surface area contributed by atoms with E-state index in [4.69, 9.17) is 9.47 Å². The molecule has 2 aromatic carbocycles. The Kier molecular flexibility index (Phi) is 9.26. The third-order valence-electron chi connectivity index (χ3n) is 6.55. The normalized spacial score (nSPS) is 15.3. The molecule has 0 fully saturated rings. The van der Waals surface area contributed by atoms with Crippen LogP contribution in [0.2, 0.25) is 0 Å². The summed E-state index contributed by atoms with van der Waals surface area (Å²) in [6.45, 7) is 4.11. The average Bonchev–Trinajstić information content (AvgIpc) is 3.48. The topological polar surface area (TPSA) is 126 Å². The molecule has 0 spiro atoms. The zero-order valence-electron chi connectivity index (χ0n) is 22.9. The van der Waals surface area contributed by atoms with E-state index in [1.807, 2.05) is 35.0 Å². The third-order valence-corrected chi connectivity index (χ3v) is 6.55. The Hall–Kier alpha value is -5.25. The number of nitro benzene ring substituents is 1. The van der Waals surface area contributed by atoms with Crippen LogP contribution < -0.4 is 5.32 Å². The molecular formula is C31H30N4O6. The highest BCUT2D eigenvalue weighted by atomic mass is 16.6. The van der Waals surface area contributed by atoms with Gasteiger partial charge in [0.05, 0.1) is 35.4 Å². The summed E-state index contributed by atoms with van der Waals surface area (Å²) in [5.41, 5.74) is 3.76. The van der Waals surface area contributed by atoms with Crippen LogP contribution in [-0.2, 0) is 25.6 Å². The number of nitrogens with one attached hydrogen (secondary N) is 1. The van der Waals surface area contributed by atoms with E-state index in [0.29, 0.717) is 17.0 Å². The first kappa shape index (κ1) is 28.8. The molecule has 1 N–H and O–H groups in total. The number of dihydropyridines is 1. The van der Waals surface area contributed by atoms with Crippen LogP contribution in [0.3, 0.4) is 0 Å². The number of nitrogens with zero attached hydrogens (tertiary/aromatic N) is 3. The Labute approximate surface area is 237 Å². The molecule has 1 atom stereocenters. The smallest absolute Gasteiger partial charge is 0.337 e. The molecule has 0 radical (unpaired) electrons. The van der Waals surface area contributed by atoms with Crippen molar-refractivity contribution in [3.63, 3.8) is 0 Å². The number of carbonyl (C=O) groups excluding carboxylic acids is 2. The number of benzene rings is 2. The molecule has 210 valence electrons. The molecule has 1 unspecified atom stereocenters. The Morgan fingerprint density at radius 2 is 1.80 bits per heavy atom. The number of hydrogen-bond acceptors (Lipinski definition) is 8. The minimum Gasteiger partial charge on any atom is -0.466 e. The van der Waals surface area contributed by atoms with Crippen LogP contribution in [-0.4, -0.2) is 40.1 Å². The SMILES string of the molecule is COC(=O)C1=C(C)NC(C)=C(C(=O)OC/C=C/C=Cc2ccc(Cn3ccnc3)cc2)C1c1cccc([N+](=O)[O-])c1. The quantitative estimate of drug-likeness (QED) is 0.160. The van der Waals surface area contributed by atoms with Crippen molar-refractivity contribution in [2.75, 3.05) is 13.7 Å². The summed E-state index contributed by atoms with van der Waals surface area (Å²) < 4.78 is 12.5. The zero-order chi connectivity index (χ0) is 29.4. The monoisotopic (exact) mass is 554 g/mol. The van der Waals surface area contributed by atoms with E-state index in [2.05, 4.69) is 22.4 Å². The van der Waals surface area contributed by atoms with Gasteiger partial charge in [-0.05, 0) is 36.6 Å². The summed E-state index contributed by atoms with van der Waals surface area (Å²) in [7, 11) is 1.24. The fourth-order valence-electron chi connectivity index (χ4n) is 4.62. The average molecular weight is 555 g/mol. The minimum absolute atomic E-state index is 0.0122. The third kappa shape index (κ3) is 7.04. The number of imidazole rings is 1. The number of carbonyl (C=O) groups is 2. The van der Waals surface area contributed by atoms with E-state index >= 15 is 0 Å². The summed E-state index contributed by atoms with van der Waals surface area (Å²) in [5.74, 6) is -2.21. The molecule has 1 aliphatic heterocycles. The number of nitro groups is 1. The van der Waals surface area contributed by atoms with Gasteiger partial charge in [0.15, 0.2) is 0 Å². The number of rotatable bonds is 10. The van der Waals surface area contributed by atoms with Gasteiger partial charge in [-0.3, -0.25) is 10.1 Å². The fraction of sp³-hybridized carbons (Fsp3) is 0.194. The summed E-state index contributed by atoms with van der Waals surface area (Å²) >= 11 is 0. The first-order chi connectivity index (χ1) is 19.8. The van der Waals surface area contributed by atoms with Crippen molar-refractivity contribution in [1.82, 2.24) is 14.9 Å². The summed E-state index contributed by atoms with van der Waals surface area (Å²) in [6.07, 6.45) is 12.7. The van der Waals surface area contributed by atoms with Crippen LogP contribution in [0.5, 0.6) is 0 Å². The Bertz CT molecular complexity index is 1550. The second-order valence-electron chi connectivity index (χ2n) is 9.34. The van der Waals surface area contributed by atoms with Gasteiger partial charge < -0.3 is 19.4 Å². The van der Waals surface area contributed by atoms with Gasteiger partial charge in [-0.15, -0.1) is 0 Å². The van der Waals surface area contributed by atoms with Gasteiger partial charge in [-0.2, -0.15) is 0 Å². The van der Waals surface area contributed by atoms with Gasteiger partial charge in [0, 0.05) is 42.5 Å². The predicted molar refractivity (Wildman–Crippen MR) is 153 cm³/mol. The lowest BCUT2D eigenvalue weighted by Crippen LogP contribution is -2.32. The fourth-order valence-corrected chi connectivity index (χ4v) is 4.62. The lowest BCUT2D eigenvalue weighted by atomic mass is 9.80. The largest absolute Gasteiger partial charge is 0.466 e. The number of aromatic nitrogens is 2. The number of methoxy groups -OCH3 is 1. The van der Waals surface area contributed by atoms with Crippen LogP contribution in [0.4, 0.5) is 5.69 Å². The summed E-state index contributed by atoms with van der Waals surface area (Å²) in [5, 5.41) is 14.5. The Balaban J connectivity index is 1.44. The standard InChI is InChI=1S/C31H30N4O6/c1-21-27(30(36)40-3)29(25-9-7-10-26(18-25)35(38)39)28(22(2)33-21)31(37)41-17-6-4-5-8-23-11-13-24(14-12-23)19-34-16-15-32-20-34/h4-16,18,20,29,33H,17,19H2,1-3H3/b6-4+,8-5?.